The molecule has 0 spiro atoms. The third-order valence-electron chi connectivity index (χ3n) is 17.4. The lowest BCUT2D eigenvalue weighted by Crippen LogP contribution is -2.30. The van der Waals surface area contributed by atoms with Gasteiger partial charge in [-0.05, 0) is 135 Å². The van der Waals surface area contributed by atoms with Crippen molar-refractivity contribution in [2.24, 2.45) is 0 Å². The van der Waals surface area contributed by atoms with Crippen molar-refractivity contribution >= 4 is 33.6 Å². The van der Waals surface area contributed by atoms with Crippen LogP contribution in [0.5, 0.6) is 0 Å². The van der Waals surface area contributed by atoms with Crippen LogP contribution in [-0.2, 0) is 55.8 Å². The Morgan fingerprint density at radius 1 is 0.272 bits per heavy atom. The smallest absolute Gasteiger partial charge is 0.463 e. The van der Waals surface area contributed by atoms with Gasteiger partial charge >= 0.3 is 33.6 Å². The van der Waals surface area contributed by atoms with E-state index in [-0.39, 0.29) is 19.3 Å². The summed E-state index contributed by atoms with van der Waals surface area (Å²) >= 11 is 0. The maximum absolute atomic E-state index is 13.0. The molecule has 103 heavy (non-hydrogen) atoms. The van der Waals surface area contributed by atoms with Crippen LogP contribution in [0.1, 0.15) is 355 Å². The molecule has 5 unspecified atom stereocenters. The normalized spacial score (nSPS) is 14.5. The lowest BCUT2D eigenvalue weighted by atomic mass is 10.0. The van der Waals surface area contributed by atoms with Crippen LogP contribution in [0.4, 0.5) is 0 Å². The molecule has 0 bridgehead atoms. The Hall–Kier alpha value is -3.79. The molecule has 5 atom stereocenters. The van der Waals surface area contributed by atoms with E-state index in [2.05, 4.69) is 130 Å². The van der Waals surface area contributed by atoms with Crippen molar-refractivity contribution in [3.8, 4) is 0 Å². The van der Waals surface area contributed by atoms with Crippen LogP contribution in [0, 0.1) is 0 Å². The van der Waals surface area contributed by atoms with Gasteiger partial charge in [-0.1, -0.05) is 310 Å². The van der Waals surface area contributed by atoms with Crippen molar-refractivity contribution in [3.63, 3.8) is 0 Å². The zero-order chi connectivity index (χ0) is 75.2. The van der Waals surface area contributed by atoms with Crippen molar-refractivity contribution in [3.05, 3.63) is 109 Å². The zero-order valence-electron chi connectivity index (χ0n) is 65.2. The van der Waals surface area contributed by atoms with E-state index in [1.54, 1.807) is 0 Å². The minimum atomic E-state index is -4.93. The molecular formula is C85H150O16P2. The van der Waals surface area contributed by atoms with Crippen LogP contribution in [-0.4, -0.2) is 95.9 Å². The fourth-order valence-electron chi connectivity index (χ4n) is 11.1. The van der Waals surface area contributed by atoms with Crippen molar-refractivity contribution in [1.29, 1.82) is 0 Å². The predicted octanol–water partition coefficient (Wildman–Crippen LogP) is 24.3. The highest BCUT2D eigenvalue weighted by Gasteiger charge is 2.29. The molecule has 18 heteroatoms. The second-order valence-corrected chi connectivity index (χ2v) is 30.5. The number of phosphoric acid groups is 2. The average Bonchev–Trinajstić information content (AvgIpc) is 0.924. The number of ether oxygens (including phenoxy) is 3. The number of aliphatic hydroxyl groups is 2. The quantitative estimate of drug-likeness (QED) is 0.0146. The molecule has 0 saturated heterocycles. The minimum Gasteiger partial charge on any atom is -0.463 e. The summed E-state index contributed by atoms with van der Waals surface area (Å²) in [5.74, 6) is -1.58. The number of rotatable bonds is 78. The minimum absolute atomic E-state index is 0.0939. The first kappa shape index (κ1) is 99.2. The van der Waals surface area contributed by atoms with Gasteiger partial charge in [-0.3, -0.25) is 32.5 Å². The largest absolute Gasteiger partial charge is 0.472 e. The molecule has 0 heterocycles. The first-order chi connectivity index (χ1) is 50.2. The molecule has 0 aliphatic carbocycles. The highest BCUT2D eigenvalue weighted by Crippen LogP contribution is 2.45. The summed E-state index contributed by atoms with van der Waals surface area (Å²) in [6, 6.07) is 0. The van der Waals surface area contributed by atoms with Crippen molar-refractivity contribution < 1.29 is 75.8 Å². The monoisotopic (exact) mass is 1490 g/mol. The SMILES string of the molecule is CCCCC/C=C\C/C=C\C/C=C\C/C=C\CCCCCCCCCCCCCC(=O)OCC(O)COP(=O)(O)OCC(O)COP(=O)(O)OCC(COC(=O)CCCCCCCCCCCCC/C=C\C/C=C\C/C=C\C/C=C\CCCCC)OC(=O)CCCCCCC/C=C\CCCCCC. The van der Waals surface area contributed by atoms with E-state index in [4.69, 9.17) is 32.3 Å². The molecule has 16 nitrogen and oxygen atoms in total. The second-order valence-electron chi connectivity index (χ2n) is 27.6. The predicted molar refractivity (Wildman–Crippen MR) is 427 cm³/mol. The Morgan fingerprint density at radius 2 is 0.485 bits per heavy atom. The molecule has 0 saturated carbocycles. The number of carbonyl (C=O) groups is 3. The third kappa shape index (κ3) is 79.1. The van der Waals surface area contributed by atoms with Gasteiger partial charge < -0.3 is 34.2 Å². The van der Waals surface area contributed by atoms with E-state index in [0.717, 1.165) is 135 Å². The number of phosphoric ester groups is 2. The summed E-state index contributed by atoms with van der Waals surface area (Å²) in [7, 11) is -9.79. The molecule has 0 radical (unpaired) electrons. The van der Waals surface area contributed by atoms with Gasteiger partial charge in [0.25, 0.3) is 0 Å². The van der Waals surface area contributed by atoms with Gasteiger partial charge in [-0.25, -0.2) is 9.13 Å². The number of aliphatic hydroxyl groups excluding tert-OH is 2. The molecule has 0 aromatic carbocycles. The van der Waals surface area contributed by atoms with Gasteiger partial charge in [0.1, 0.15) is 25.4 Å². The number of allylic oxidation sites excluding steroid dienone is 18. The van der Waals surface area contributed by atoms with Gasteiger partial charge in [0.05, 0.1) is 26.4 Å². The van der Waals surface area contributed by atoms with Crippen molar-refractivity contribution in [1.82, 2.24) is 0 Å². The number of carbonyl (C=O) groups excluding carboxylic acids is 3. The van der Waals surface area contributed by atoms with E-state index in [1.807, 2.05) is 0 Å². The van der Waals surface area contributed by atoms with Crippen LogP contribution in [0.15, 0.2) is 109 Å². The number of hydrogen-bond donors (Lipinski definition) is 4. The summed E-state index contributed by atoms with van der Waals surface area (Å²) in [6.07, 6.45) is 91.4. The number of hydrogen-bond acceptors (Lipinski definition) is 14. The van der Waals surface area contributed by atoms with Crippen molar-refractivity contribution in [2.45, 2.75) is 373 Å². The molecule has 0 rings (SSSR count). The average molecular weight is 1490 g/mol. The highest BCUT2D eigenvalue weighted by atomic mass is 31.2. The fourth-order valence-corrected chi connectivity index (χ4v) is 12.7. The molecule has 596 valence electrons. The standard InChI is InChI=1S/C85H150O16P2/c1-4-7-10-13-16-19-22-25-27-29-31-33-35-37-39-41-43-45-47-49-51-54-56-59-62-65-68-71-83(88)95-74-80(86)75-97-102(91,92)98-76-81(87)77-99-103(93,94)100-79-82(101-85(90)73-70-67-64-61-58-53-24-21-18-15-12-9-6-3)78-96-84(89)72-69-66-63-60-57-55-52-50-48-46-44-42-40-38-36-34-32-30-28-26-23-20-17-14-11-8-5-2/h16-17,19-21,24-28,31-34,37-40,80-82,86-87H,4-15,18,22-23,29-30,35-36,41-79H2,1-3H3,(H,91,92)(H,93,94)/b19-16-,20-17-,24-21-,27-25-,28-26-,33-31-,34-32-,39-37-,40-38-. The first-order valence-corrected chi connectivity index (χ1v) is 44.2. The highest BCUT2D eigenvalue weighted by molar-refractivity contribution is 7.47. The van der Waals surface area contributed by atoms with Gasteiger partial charge in [0.2, 0.25) is 0 Å². The topological polar surface area (TPSA) is 231 Å². The zero-order valence-corrected chi connectivity index (χ0v) is 67.0. The van der Waals surface area contributed by atoms with Crippen molar-refractivity contribution in [2.75, 3.05) is 39.6 Å². The molecular weight excluding hydrogens is 1340 g/mol. The molecule has 0 fully saturated rings. The molecule has 0 amide bonds. The molecule has 0 aliphatic heterocycles. The Bertz CT molecular complexity index is 2310. The Morgan fingerprint density at radius 3 is 0.796 bits per heavy atom. The third-order valence-corrected chi connectivity index (χ3v) is 19.3. The van der Waals surface area contributed by atoms with Crippen LogP contribution >= 0.6 is 15.6 Å². The van der Waals surface area contributed by atoms with Crippen LogP contribution in [0.2, 0.25) is 0 Å². The van der Waals surface area contributed by atoms with Gasteiger partial charge in [-0.15, -0.1) is 0 Å². The van der Waals surface area contributed by atoms with Gasteiger partial charge in [0, 0.05) is 19.3 Å². The van der Waals surface area contributed by atoms with Crippen LogP contribution in [0.25, 0.3) is 0 Å². The first-order valence-electron chi connectivity index (χ1n) is 41.2. The maximum atomic E-state index is 13.0. The Kier molecular flexibility index (Phi) is 74.9. The molecule has 4 N–H and O–H groups in total. The summed E-state index contributed by atoms with van der Waals surface area (Å²) in [6.45, 7) is 2.63. The van der Waals surface area contributed by atoms with Gasteiger partial charge in [-0.2, -0.15) is 0 Å². The maximum Gasteiger partial charge on any atom is 0.472 e. The fraction of sp³-hybridized carbons (Fsp3) is 0.753. The van der Waals surface area contributed by atoms with Gasteiger partial charge in [0.15, 0.2) is 6.10 Å². The Balaban J connectivity index is 4.51. The number of esters is 3. The lowest BCUT2D eigenvalue weighted by molar-refractivity contribution is -0.161. The summed E-state index contributed by atoms with van der Waals surface area (Å²) in [5, 5.41) is 20.6. The second kappa shape index (κ2) is 77.8. The number of unbranched alkanes of at least 4 members (excludes halogenated alkanes) is 37. The van der Waals surface area contributed by atoms with E-state index in [1.165, 1.54) is 161 Å². The van der Waals surface area contributed by atoms with E-state index >= 15 is 0 Å². The summed E-state index contributed by atoms with van der Waals surface area (Å²) in [5.41, 5.74) is 0. The lowest BCUT2D eigenvalue weighted by Gasteiger charge is -2.21. The van der Waals surface area contributed by atoms with Crippen LogP contribution < -0.4 is 0 Å². The van der Waals surface area contributed by atoms with E-state index < -0.39 is 91.5 Å². The summed E-state index contributed by atoms with van der Waals surface area (Å²) in [4.78, 5) is 58.7. The molecule has 0 aromatic heterocycles. The Labute approximate surface area is 628 Å². The molecule has 0 aliphatic rings. The van der Waals surface area contributed by atoms with E-state index in [0.29, 0.717) is 19.3 Å². The van der Waals surface area contributed by atoms with Crippen LogP contribution in [0.3, 0.4) is 0 Å². The molecule has 0 aromatic rings. The van der Waals surface area contributed by atoms with E-state index in [9.17, 15) is 43.5 Å². The summed E-state index contributed by atoms with van der Waals surface area (Å²) < 4.78 is 61.2.